The summed E-state index contributed by atoms with van der Waals surface area (Å²) in [6, 6.07) is 0.426. The van der Waals surface area contributed by atoms with E-state index in [0.717, 1.165) is 38.1 Å². The third-order valence-electron chi connectivity index (χ3n) is 5.33. The minimum atomic E-state index is 0.0505. The van der Waals surface area contributed by atoms with Gasteiger partial charge in [0, 0.05) is 25.7 Å². The molecule has 0 aromatic rings. The highest BCUT2D eigenvalue weighted by molar-refractivity contribution is 4.94. The molecule has 3 aliphatic rings. The molecule has 4 atom stereocenters. The molecule has 3 rings (SSSR count). The van der Waals surface area contributed by atoms with Crippen LogP contribution in [0.1, 0.15) is 51.4 Å². The predicted molar refractivity (Wildman–Crippen MR) is 71.4 cm³/mol. The predicted octanol–water partition coefficient (Wildman–Crippen LogP) is 2.48. The van der Waals surface area contributed by atoms with Crippen LogP contribution in [-0.2, 0) is 9.47 Å². The average molecular weight is 253 g/mol. The van der Waals surface area contributed by atoms with Crippen LogP contribution in [0.4, 0.5) is 0 Å². The molecule has 2 aliphatic heterocycles. The lowest BCUT2D eigenvalue weighted by Gasteiger charge is -2.41. The van der Waals surface area contributed by atoms with Crippen LogP contribution < -0.4 is 5.73 Å². The van der Waals surface area contributed by atoms with Crippen molar-refractivity contribution in [2.24, 2.45) is 17.6 Å². The molecule has 104 valence electrons. The normalized spacial score (nSPS) is 46.2. The minimum Gasteiger partial charge on any atom is -0.378 e. The molecule has 2 heterocycles. The highest BCUT2D eigenvalue weighted by Gasteiger charge is 2.43. The topological polar surface area (TPSA) is 44.5 Å². The smallest absolute Gasteiger partial charge is 0.0939 e. The van der Waals surface area contributed by atoms with Crippen molar-refractivity contribution in [2.45, 2.75) is 63.0 Å². The Labute approximate surface area is 110 Å². The standard InChI is InChI=1S/C15H27NO2/c16-14-5-3-1-2-4-13(14)12-6-8-18-15(10-12)7-9-17-11-15/h12-14H,1-11,16H2. The van der Waals surface area contributed by atoms with Crippen molar-refractivity contribution in [3.8, 4) is 0 Å². The molecule has 1 aliphatic carbocycles. The van der Waals surface area contributed by atoms with Gasteiger partial charge in [0.25, 0.3) is 0 Å². The lowest BCUT2D eigenvalue weighted by molar-refractivity contribution is -0.108. The van der Waals surface area contributed by atoms with E-state index in [4.69, 9.17) is 15.2 Å². The Morgan fingerprint density at radius 3 is 2.72 bits per heavy atom. The van der Waals surface area contributed by atoms with Crippen LogP contribution in [0.25, 0.3) is 0 Å². The van der Waals surface area contributed by atoms with E-state index in [1.54, 1.807) is 0 Å². The SMILES string of the molecule is NC1CCCCCC1C1CCOC2(CCOC2)C1. The van der Waals surface area contributed by atoms with Gasteiger partial charge in [0.15, 0.2) is 0 Å². The first-order valence-corrected chi connectivity index (χ1v) is 7.76. The molecule has 3 fully saturated rings. The van der Waals surface area contributed by atoms with E-state index in [0.29, 0.717) is 6.04 Å². The molecule has 18 heavy (non-hydrogen) atoms. The van der Waals surface area contributed by atoms with E-state index in [-0.39, 0.29) is 5.60 Å². The Balaban J connectivity index is 1.67. The molecule has 3 nitrogen and oxygen atoms in total. The third-order valence-corrected chi connectivity index (χ3v) is 5.33. The molecule has 4 unspecified atom stereocenters. The number of nitrogens with two attached hydrogens (primary N) is 1. The van der Waals surface area contributed by atoms with Gasteiger partial charge >= 0.3 is 0 Å². The first-order chi connectivity index (χ1) is 8.79. The van der Waals surface area contributed by atoms with E-state index in [1.807, 2.05) is 0 Å². The van der Waals surface area contributed by atoms with Crippen LogP contribution in [0.15, 0.2) is 0 Å². The Bertz CT molecular complexity index is 276. The molecule has 0 aromatic heterocycles. The van der Waals surface area contributed by atoms with Gasteiger partial charge in [0.2, 0.25) is 0 Å². The van der Waals surface area contributed by atoms with Crippen molar-refractivity contribution in [2.75, 3.05) is 19.8 Å². The van der Waals surface area contributed by atoms with Gasteiger partial charge in [-0.15, -0.1) is 0 Å². The molecule has 1 spiro atoms. The van der Waals surface area contributed by atoms with Crippen molar-refractivity contribution in [3.63, 3.8) is 0 Å². The largest absolute Gasteiger partial charge is 0.378 e. The van der Waals surface area contributed by atoms with Crippen LogP contribution in [0.3, 0.4) is 0 Å². The van der Waals surface area contributed by atoms with Crippen molar-refractivity contribution in [3.05, 3.63) is 0 Å². The van der Waals surface area contributed by atoms with Gasteiger partial charge in [-0.2, -0.15) is 0 Å². The van der Waals surface area contributed by atoms with E-state index in [9.17, 15) is 0 Å². The van der Waals surface area contributed by atoms with E-state index in [1.165, 1.54) is 44.9 Å². The monoisotopic (exact) mass is 253 g/mol. The first kappa shape index (κ1) is 12.9. The molecule has 0 radical (unpaired) electrons. The molecule has 1 saturated carbocycles. The molecule has 0 amide bonds. The number of hydrogen-bond acceptors (Lipinski definition) is 3. The lowest BCUT2D eigenvalue weighted by Crippen LogP contribution is -2.45. The summed E-state index contributed by atoms with van der Waals surface area (Å²) in [5.41, 5.74) is 6.48. The molecule has 0 aromatic carbocycles. The summed E-state index contributed by atoms with van der Waals surface area (Å²) in [6.07, 6.45) is 10.1. The summed E-state index contributed by atoms with van der Waals surface area (Å²) in [5, 5.41) is 0. The quantitative estimate of drug-likeness (QED) is 0.730. The zero-order valence-electron chi connectivity index (χ0n) is 11.4. The highest BCUT2D eigenvalue weighted by Crippen LogP contribution is 2.42. The van der Waals surface area contributed by atoms with Crippen LogP contribution in [0, 0.1) is 11.8 Å². The summed E-state index contributed by atoms with van der Waals surface area (Å²) in [7, 11) is 0. The molecular weight excluding hydrogens is 226 g/mol. The Hall–Kier alpha value is -0.120. The van der Waals surface area contributed by atoms with E-state index in [2.05, 4.69) is 0 Å². The fraction of sp³-hybridized carbons (Fsp3) is 1.00. The van der Waals surface area contributed by atoms with Gasteiger partial charge in [-0.3, -0.25) is 0 Å². The van der Waals surface area contributed by atoms with Crippen LogP contribution >= 0.6 is 0 Å². The van der Waals surface area contributed by atoms with Gasteiger partial charge < -0.3 is 15.2 Å². The molecule has 0 bridgehead atoms. The Kier molecular flexibility index (Phi) is 3.92. The van der Waals surface area contributed by atoms with Crippen LogP contribution in [0.5, 0.6) is 0 Å². The molecule has 2 saturated heterocycles. The summed E-state index contributed by atoms with van der Waals surface area (Å²) in [5.74, 6) is 1.50. The van der Waals surface area contributed by atoms with Gasteiger partial charge in [0.05, 0.1) is 12.2 Å². The maximum absolute atomic E-state index is 6.42. The van der Waals surface area contributed by atoms with E-state index >= 15 is 0 Å². The first-order valence-electron chi connectivity index (χ1n) is 7.76. The summed E-state index contributed by atoms with van der Waals surface area (Å²) < 4.78 is 11.6. The van der Waals surface area contributed by atoms with Crippen LogP contribution in [0.2, 0.25) is 0 Å². The van der Waals surface area contributed by atoms with Gasteiger partial charge in [-0.25, -0.2) is 0 Å². The summed E-state index contributed by atoms with van der Waals surface area (Å²) in [6.45, 7) is 2.60. The van der Waals surface area contributed by atoms with Gasteiger partial charge in [-0.05, 0) is 37.5 Å². The average Bonchev–Trinajstić information content (AvgIpc) is 2.70. The molecule has 2 N–H and O–H groups in total. The van der Waals surface area contributed by atoms with Crippen LogP contribution in [-0.4, -0.2) is 31.5 Å². The fourth-order valence-corrected chi connectivity index (χ4v) is 4.24. The lowest BCUT2D eigenvalue weighted by atomic mass is 9.73. The van der Waals surface area contributed by atoms with Gasteiger partial charge in [-0.1, -0.05) is 19.3 Å². The number of rotatable bonds is 1. The minimum absolute atomic E-state index is 0.0505. The Morgan fingerprint density at radius 2 is 1.89 bits per heavy atom. The maximum atomic E-state index is 6.42. The van der Waals surface area contributed by atoms with Crippen molar-refractivity contribution < 1.29 is 9.47 Å². The molecule has 3 heteroatoms. The van der Waals surface area contributed by atoms with Crippen molar-refractivity contribution >= 4 is 0 Å². The highest BCUT2D eigenvalue weighted by atomic mass is 16.6. The second kappa shape index (κ2) is 5.48. The zero-order chi connectivity index (χ0) is 12.4. The Morgan fingerprint density at radius 1 is 1.00 bits per heavy atom. The van der Waals surface area contributed by atoms with Crippen molar-refractivity contribution in [1.29, 1.82) is 0 Å². The maximum Gasteiger partial charge on any atom is 0.0939 e. The zero-order valence-corrected chi connectivity index (χ0v) is 11.4. The fourth-order valence-electron chi connectivity index (χ4n) is 4.24. The van der Waals surface area contributed by atoms with Crippen molar-refractivity contribution in [1.82, 2.24) is 0 Å². The molecular formula is C15H27NO2. The second-order valence-electron chi connectivity index (χ2n) is 6.55. The second-order valence-corrected chi connectivity index (χ2v) is 6.55. The number of hydrogen-bond donors (Lipinski definition) is 1. The van der Waals surface area contributed by atoms with Gasteiger partial charge in [0.1, 0.15) is 0 Å². The summed E-state index contributed by atoms with van der Waals surface area (Å²) >= 11 is 0. The number of ether oxygens (including phenoxy) is 2. The summed E-state index contributed by atoms with van der Waals surface area (Å²) in [4.78, 5) is 0. The third kappa shape index (κ3) is 2.59. The van der Waals surface area contributed by atoms with E-state index < -0.39 is 0 Å².